The van der Waals surface area contributed by atoms with Crippen LogP contribution in [0.15, 0.2) is 12.3 Å². The molecule has 3 heteroatoms. The molecule has 1 aromatic heterocycles. The fourth-order valence-corrected chi connectivity index (χ4v) is 1.46. The Morgan fingerprint density at radius 3 is 2.64 bits per heavy atom. The quantitative estimate of drug-likeness (QED) is 0.656. The van der Waals surface area contributed by atoms with E-state index in [1.54, 1.807) is 6.20 Å². The lowest BCUT2D eigenvalue weighted by Crippen LogP contribution is -2.08. The van der Waals surface area contributed by atoms with Gasteiger partial charge < -0.3 is 5.73 Å². The van der Waals surface area contributed by atoms with Crippen LogP contribution in [0.5, 0.6) is 0 Å². The van der Waals surface area contributed by atoms with Crippen LogP contribution in [0.3, 0.4) is 0 Å². The second kappa shape index (κ2) is 3.20. The number of nitrogens with zero attached hydrogens (tertiary/aromatic N) is 1. The van der Waals surface area contributed by atoms with E-state index < -0.39 is 0 Å². The summed E-state index contributed by atoms with van der Waals surface area (Å²) < 4.78 is 0. The zero-order valence-electron chi connectivity index (χ0n) is 6.63. The second-order valence-corrected chi connectivity index (χ2v) is 2.98. The van der Waals surface area contributed by atoms with Crippen molar-refractivity contribution in [2.75, 3.05) is 0 Å². The summed E-state index contributed by atoms with van der Waals surface area (Å²) in [5, 5.41) is 0.514. The monoisotopic (exact) mass is 170 g/mol. The molecule has 1 atom stereocenters. The summed E-state index contributed by atoms with van der Waals surface area (Å²) in [4.78, 5) is 3.95. The van der Waals surface area contributed by atoms with E-state index in [2.05, 4.69) is 4.98 Å². The van der Waals surface area contributed by atoms with Gasteiger partial charge in [-0.05, 0) is 25.5 Å². The second-order valence-electron chi connectivity index (χ2n) is 2.62. The van der Waals surface area contributed by atoms with Crippen LogP contribution in [0, 0.1) is 6.92 Å². The number of hydrogen-bond donors (Lipinski definition) is 1. The van der Waals surface area contributed by atoms with Gasteiger partial charge in [0.1, 0.15) is 5.15 Å². The average molecular weight is 171 g/mol. The van der Waals surface area contributed by atoms with Crippen LogP contribution < -0.4 is 5.73 Å². The molecule has 1 heterocycles. The summed E-state index contributed by atoms with van der Waals surface area (Å²) in [5.41, 5.74) is 7.73. The molecule has 60 valence electrons. The molecule has 0 fully saturated rings. The molecule has 1 aromatic rings. The minimum Gasteiger partial charge on any atom is -0.324 e. The third-order valence-electron chi connectivity index (χ3n) is 1.61. The van der Waals surface area contributed by atoms with Crippen molar-refractivity contribution in [3.05, 3.63) is 28.5 Å². The lowest BCUT2D eigenvalue weighted by atomic mass is 10.1. The number of rotatable bonds is 1. The minimum atomic E-state index is -0.0452. The van der Waals surface area contributed by atoms with Gasteiger partial charge in [-0.3, -0.25) is 0 Å². The Labute approximate surface area is 71.4 Å². The highest BCUT2D eigenvalue weighted by molar-refractivity contribution is 6.30. The van der Waals surface area contributed by atoms with Crippen LogP contribution in [0.1, 0.15) is 24.1 Å². The molecule has 0 saturated carbocycles. The van der Waals surface area contributed by atoms with Crippen LogP contribution in [-0.4, -0.2) is 4.98 Å². The molecule has 2 N–H and O–H groups in total. The fraction of sp³-hybridized carbons (Fsp3) is 0.375. The summed E-state index contributed by atoms with van der Waals surface area (Å²) in [5.74, 6) is 0. The van der Waals surface area contributed by atoms with E-state index >= 15 is 0 Å². The molecule has 11 heavy (non-hydrogen) atoms. The van der Waals surface area contributed by atoms with Gasteiger partial charge in [0.15, 0.2) is 0 Å². The van der Waals surface area contributed by atoms with Crippen molar-refractivity contribution in [2.24, 2.45) is 5.73 Å². The van der Waals surface area contributed by atoms with Crippen molar-refractivity contribution in [1.29, 1.82) is 0 Å². The van der Waals surface area contributed by atoms with Crippen molar-refractivity contribution in [2.45, 2.75) is 19.9 Å². The lowest BCUT2D eigenvalue weighted by molar-refractivity contribution is 0.803. The normalized spacial score (nSPS) is 13.1. The maximum atomic E-state index is 5.83. The first-order chi connectivity index (χ1) is 5.13. The zero-order valence-corrected chi connectivity index (χ0v) is 7.39. The standard InChI is InChI=1S/C8H11ClN2/c1-5-3-4-11-8(9)7(5)6(2)10/h3-4,6H,10H2,1-2H3/t6-/m1/s1. The number of nitrogens with two attached hydrogens (primary N) is 1. The van der Waals surface area contributed by atoms with Gasteiger partial charge in [-0.25, -0.2) is 4.98 Å². The van der Waals surface area contributed by atoms with E-state index in [4.69, 9.17) is 17.3 Å². The molecular formula is C8H11ClN2. The highest BCUT2D eigenvalue weighted by atomic mass is 35.5. The van der Waals surface area contributed by atoms with Crippen LogP contribution in [0.25, 0.3) is 0 Å². The van der Waals surface area contributed by atoms with Crippen LogP contribution in [-0.2, 0) is 0 Å². The molecule has 0 aliphatic rings. The summed E-state index contributed by atoms with van der Waals surface area (Å²) in [6.07, 6.45) is 1.68. The van der Waals surface area contributed by atoms with Gasteiger partial charge in [-0.1, -0.05) is 11.6 Å². The minimum absolute atomic E-state index is 0.0452. The SMILES string of the molecule is Cc1ccnc(Cl)c1[C@@H](C)N. The Morgan fingerprint density at radius 2 is 2.27 bits per heavy atom. The van der Waals surface area contributed by atoms with Gasteiger partial charge >= 0.3 is 0 Å². The summed E-state index contributed by atoms with van der Waals surface area (Å²) >= 11 is 5.83. The highest BCUT2D eigenvalue weighted by Crippen LogP contribution is 2.21. The first kappa shape index (κ1) is 8.50. The number of pyridine rings is 1. The van der Waals surface area contributed by atoms with Gasteiger partial charge in [0, 0.05) is 17.8 Å². The molecule has 0 spiro atoms. The van der Waals surface area contributed by atoms with Crippen molar-refractivity contribution in [3.63, 3.8) is 0 Å². The number of aromatic nitrogens is 1. The van der Waals surface area contributed by atoms with E-state index in [9.17, 15) is 0 Å². The predicted octanol–water partition coefficient (Wildman–Crippen LogP) is 2.06. The van der Waals surface area contributed by atoms with Gasteiger partial charge in [-0.2, -0.15) is 0 Å². The molecule has 2 nitrogen and oxygen atoms in total. The van der Waals surface area contributed by atoms with E-state index in [-0.39, 0.29) is 6.04 Å². The predicted molar refractivity (Wildman–Crippen MR) is 46.6 cm³/mol. The molecule has 0 saturated heterocycles. The van der Waals surface area contributed by atoms with E-state index in [0.717, 1.165) is 11.1 Å². The van der Waals surface area contributed by atoms with Crippen LogP contribution in [0.2, 0.25) is 5.15 Å². The first-order valence-corrected chi connectivity index (χ1v) is 3.87. The van der Waals surface area contributed by atoms with Crippen molar-refractivity contribution < 1.29 is 0 Å². The Balaban J connectivity index is 3.21. The van der Waals surface area contributed by atoms with Gasteiger partial charge in [-0.15, -0.1) is 0 Å². The maximum Gasteiger partial charge on any atom is 0.134 e. The van der Waals surface area contributed by atoms with Gasteiger partial charge in [0.25, 0.3) is 0 Å². The first-order valence-electron chi connectivity index (χ1n) is 3.49. The highest BCUT2D eigenvalue weighted by Gasteiger charge is 2.08. The maximum absolute atomic E-state index is 5.83. The van der Waals surface area contributed by atoms with Crippen molar-refractivity contribution >= 4 is 11.6 Å². The number of aryl methyl sites for hydroxylation is 1. The molecular weight excluding hydrogens is 160 g/mol. The van der Waals surface area contributed by atoms with Crippen LogP contribution >= 0.6 is 11.6 Å². The third-order valence-corrected chi connectivity index (χ3v) is 1.92. The van der Waals surface area contributed by atoms with Crippen LogP contribution in [0.4, 0.5) is 0 Å². The van der Waals surface area contributed by atoms with Crippen molar-refractivity contribution in [1.82, 2.24) is 4.98 Å². The Hall–Kier alpha value is -0.600. The van der Waals surface area contributed by atoms with Crippen molar-refractivity contribution in [3.8, 4) is 0 Å². The molecule has 0 aliphatic carbocycles. The van der Waals surface area contributed by atoms with Gasteiger partial charge in [0.05, 0.1) is 0 Å². The topological polar surface area (TPSA) is 38.9 Å². The molecule has 0 aliphatic heterocycles. The number of halogens is 1. The summed E-state index contributed by atoms with van der Waals surface area (Å²) in [7, 11) is 0. The molecule has 0 bridgehead atoms. The molecule has 0 aromatic carbocycles. The molecule has 0 radical (unpaired) electrons. The van der Waals surface area contributed by atoms with E-state index in [0.29, 0.717) is 5.15 Å². The summed E-state index contributed by atoms with van der Waals surface area (Å²) in [6.45, 7) is 3.88. The average Bonchev–Trinajstić information content (AvgIpc) is 1.85. The van der Waals surface area contributed by atoms with E-state index in [1.807, 2.05) is 19.9 Å². The molecule has 0 unspecified atom stereocenters. The largest absolute Gasteiger partial charge is 0.324 e. The third kappa shape index (κ3) is 1.70. The van der Waals surface area contributed by atoms with E-state index in [1.165, 1.54) is 0 Å². The Bertz CT molecular complexity index is 238. The summed E-state index contributed by atoms with van der Waals surface area (Å²) in [6, 6.07) is 1.86. The van der Waals surface area contributed by atoms with Gasteiger partial charge in [0.2, 0.25) is 0 Å². The lowest BCUT2D eigenvalue weighted by Gasteiger charge is -2.09. The smallest absolute Gasteiger partial charge is 0.134 e. The Morgan fingerprint density at radius 1 is 1.64 bits per heavy atom. The fourth-order valence-electron chi connectivity index (χ4n) is 1.08. The molecule has 0 amide bonds. The Kier molecular flexibility index (Phi) is 2.47. The number of hydrogen-bond acceptors (Lipinski definition) is 2. The zero-order chi connectivity index (χ0) is 8.43. The molecule has 1 rings (SSSR count).